The standard InChI is InChI=1S/C25H19N2O2P/c1-16-13-18-7-3-5-9-20(18)22-23-21-10-6-4-8-19(21)14-17(2)25(23)29-30(28-24(16)22)27-12-11-26-15-27/h3-15H,1-2H3. The highest BCUT2D eigenvalue weighted by molar-refractivity contribution is 7.35. The van der Waals surface area contributed by atoms with Gasteiger partial charge in [0, 0.05) is 23.2 Å². The van der Waals surface area contributed by atoms with Gasteiger partial charge in [-0.05, 0) is 58.7 Å². The van der Waals surface area contributed by atoms with Crippen LogP contribution in [0.5, 0.6) is 0 Å². The Labute approximate surface area is 174 Å². The monoisotopic (exact) mass is 410 g/mol. The summed E-state index contributed by atoms with van der Waals surface area (Å²) in [7, 11) is -1.42. The third-order valence-corrected chi connectivity index (χ3v) is 6.93. The van der Waals surface area contributed by atoms with E-state index in [9.17, 15) is 0 Å². The predicted molar refractivity (Wildman–Crippen MR) is 124 cm³/mol. The number of hydrogen-bond acceptors (Lipinski definition) is 3. The smallest absolute Gasteiger partial charge is 0.346 e. The first-order valence-electron chi connectivity index (χ1n) is 9.90. The molecule has 0 unspecified atom stereocenters. The van der Waals surface area contributed by atoms with Crippen LogP contribution >= 0.6 is 8.16 Å². The van der Waals surface area contributed by atoms with E-state index in [1.807, 2.05) is 10.5 Å². The van der Waals surface area contributed by atoms with Crippen molar-refractivity contribution in [2.24, 2.45) is 0 Å². The molecule has 0 bridgehead atoms. The predicted octanol–water partition coefficient (Wildman–Crippen LogP) is 7.72. The van der Waals surface area contributed by atoms with Crippen LogP contribution in [0, 0.1) is 13.8 Å². The van der Waals surface area contributed by atoms with Crippen LogP contribution in [0.4, 0.5) is 0 Å². The Hall–Kier alpha value is -3.49. The van der Waals surface area contributed by atoms with E-state index in [0.29, 0.717) is 0 Å². The van der Waals surface area contributed by atoms with E-state index in [1.165, 1.54) is 21.5 Å². The van der Waals surface area contributed by atoms with Gasteiger partial charge in [-0.2, -0.15) is 0 Å². The summed E-state index contributed by atoms with van der Waals surface area (Å²) < 4.78 is 15.1. The SMILES string of the molecule is Cc1cc2ccccc2c2c1op(-n1ccnc1)oc1c(C)cc3ccccc3c12. The molecule has 6 aromatic rings. The molecule has 0 N–H and O–H groups in total. The molecule has 0 saturated heterocycles. The van der Waals surface area contributed by atoms with Crippen molar-refractivity contribution in [1.82, 2.24) is 9.32 Å². The zero-order valence-electron chi connectivity index (χ0n) is 16.7. The van der Waals surface area contributed by atoms with E-state index in [4.69, 9.17) is 8.39 Å². The van der Waals surface area contributed by atoms with Crippen LogP contribution in [-0.4, -0.2) is 9.32 Å². The molecule has 0 aliphatic heterocycles. The maximum absolute atomic E-state index is 6.59. The Morgan fingerprint density at radius 1 is 0.767 bits per heavy atom. The first-order valence-corrected chi connectivity index (χ1v) is 11.0. The summed E-state index contributed by atoms with van der Waals surface area (Å²) in [5, 5.41) is 6.93. The van der Waals surface area contributed by atoms with Crippen molar-refractivity contribution in [3.63, 3.8) is 0 Å². The largest absolute Gasteiger partial charge is 0.403 e. The summed E-state index contributed by atoms with van der Waals surface area (Å²) in [4.78, 5) is 4.20. The van der Waals surface area contributed by atoms with Crippen molar-refractivity contribution in [2.75, 3.05) is 0 Å². The summed E-state index contributed by atoms with van der Waals surface area (Å²) in [5.41, 5.74) is 3.95. The topological polar surface area (TPSA) is 44.1 Å². The Morgan fingerprint density at radius 2 is 1.30 bits per heavy atom. The maximum Gasteiger partial charge on any atom is 0.346 e. The number of hydrogen-bond donors (Lipinski definition) is 0. The number of fused-ring (bicyclic) bond motifs is 7. The lowest BCUT2D eigenvalue weighted by atomic mass is 9.95. The van der Waals surface area contributed by atoms with Crippen LogP contribution < -0.4 is 0 Å². The molecule has 0 radical (unpaired) electrons. The average Bonchev–Trinajstić information content (AvgIpc) is 3.22. The highest BCUT2D eigenvalue weighted by atomic mass is 31.1. The third-order valence-electron chi connectivity index (χ3n) is 5.64. The van der Waals surface area contributed by atoms with Gasteiger partial charge in [-0.25, -0.2) is 9.32 Å². The Kier molecular flexibility index (Phi) is 3.77. The molecule has 0 atom stereocenters. The second-order valence-electron chi connectivity index (χ2n) is 7.60. The van der Waals surface area contributed by atoms with Gasteiger partial charge in [-0.3, -0.25) is 0 Å². The van der Waals surface area contributed by atoms with Gasteiger partial charge in [-0.15, -0.1) is 0 Å². The van der Waals surface area contributed by atoms with Crippen LogP contribution in [0.25, 0.3) is 43.5 Å². The van der Waals surface area contributed by atoms with Gasteiger partial charge in [0.1, 0.15) is 17.5 Å². The lowest BCUT2D eigenvalue weighted by Crippen LogP contribution is -1.85. The fourth-order valence-electron chi connectivity index (χ4n) is 4.29. The van der Waals surface area contributed by atoms with Gasteiger partial charge >= 0.3 is 8.16 Å². The second kappa shape index (κ2) is 6.51. The van der Waals surface area contributed by atoms with E-state index < -0.39 is 8.16 Å². The molecule has 146 valence electrons. The van der Waals surface area contributed by atoms with Crippen molar-refractivity contribution < 1.29 is 8.39 Å². The van der Waals surface area contributed by atoms with Crippen LogP contribution in [0.3, 0.4) is 0 Å². The van der Waals surface area contributed by atoms with Gasteiger partial charge in [-0.1, -0.05) is 48.5 Å². The minimum atomic E-state index is -1.42. The van der Waals surface area contributed by atoms with Crippen LogP contribution in [0.2, 0.25) is 0 Å². The molecule has 2 aromatic heterocycles. The Bertz CT molecular complexity index is 1510. The summed E-state index contributed by atoms with van der Waals surface area (Å²) in [6.45, 7) is 4.21. The molecular formula is C25H19N2O2P. The number of rotatable bonds is 1. The lowest BCUT2D eigenvalue weighted by Gasteiger charge is -2.08. The first-order chi connectivity index (χ1) is 14.7. The molecule has 0 saturated carbocycles. The van der Waals surface area contributed by atoms with Crippen molar-refractivity contribution in [1.29, 1.82) is 0 Å². The molecule has 0 spiro atoms. The molecule has 2 heterocycles. The Balaban J connectivity index is 2.02. The first kappa shape index (κ1) is 17.4. The van der Waals surface area contributed by atoms with E-state index in [0.717, 1.165) is 33.1 Å². The molecule has 30 heavy (non-hydrogen) atoms. The van der Waals surface area contributed by atoms with Gasteiger partial charge < -0.3 is 8.39 Å². The van der Waals surface area contributed by atoms with Gasteiger partial charge in [0.2, 0.25) is 0 Å². The van der Waals surface area contributed by atoms with Gasteiger partial charge in [0.25, 0.3) is 0 Å². The summed E-state index contributed by atoms with van der Waals surface area (Å²) in [5.74, 6) is 0. The molecule has 5 heteroatoms. The van der Waals surface area contributed by atoms with E-state index >= 15 is 0 Å². The molecular weight excluding hydrogens is 391 g/mol. The normalized spacial score (nSPS) is 11.7. The zero-order chi connectivity index (χ0) is 20.2. The maximum atomic E-state index is 6.59. The number of nitrogens with zero attached hydrogens (tertiary/aromatic N) is 2. The molecule has 6 rings (SSSR count). The number of aromatic nitrogens is 2. The van der Waals surface area contributed by atoms with Crippen molar-refractivity contribution in [3.8, 4) is 0 Å². The van der Waals surface area contributed by atoms with Crippen LogP contribution in [0.1, 0.15) is 11.1 Å². The second-order valence-corrected chi connectivity index (χ2v) is 8.90. The third kappa shape index (κ3) is 2.51. The lowest BCUT2D eigenvalue weighted by molar-refractivity contribution is 0.626. The summed E-state index contributed by atoms with van der Waals surface area (Å²) in [6, 6.07) is 21.4. The number of benzene rings is 4. The summed E-state index contributed by atoms with van der Waals surface area (Å²) in [6.07, 6.45) is 5.40. The van der Waals surface area contributed by atoms with Gasteiger partial charge in [0.15, 0.2) is 0 Å². The molecule has 0 aliphatic carbocycles. The highest BCUT2D eigenvalue weighted by Crippen LogP contribution is 2.43. The fourth-order valence-corrected chi connectivity index (χ4v) is 5.61. The summed E-state index contributed by atoms with van der Waals surface area (Å²) >= 11 is 0. The molecule has 4 aromatic carbocycles. The van der Waals surface area contributed by atoms with Crippen LogP contribution in [0.15, 0.2) is 87.8 Å². The highest BCUT2D eigenvalue weighted by Gasteiger charge is 2.16. The zero-order valence-corrected chi connectivity index (χ0v) is 17.6. The van der Waals surface area contributed by atoms with E-state index in [-0.39, 0.29) is 0 Å². The number of imidazole rings is 1. The van der Waals surface area contributed by atoms with E-state index in [2.05, 4.69) is 79.5 Å². The van der Waals surface area contributed by atoms with Crippen LogP contribution in [-0.2, 0) is 0 Å². The Morgan fingerprint density at radius 3 is 1.80 bits per heavy atom. The minimum Gasteiger partial charge on any atom is -0.403 e. The molecule has 0 aliphatic rings. The minimum absolute atomic E-state index is 0.878. The molecule has 4 nitrogen and oxygen atoms in total. The van der Waals surface area contributed by atoms with Crippen molar-refractivity contribution >= 4 is 51.6 Å². The quantitative estimate of drug-likeness (QED) is 0.279. The number of aryl methyl sites for hydroxylation is 2. The average molecular weight is 410 g/mol. The fraction of sp³-hybridized carbons (Fsp3) is 0.0800. The molecule has 0 amide bonds. The van der Waals surface area contributed by atoms with E-state index in [1.54, 1.807) is 12.5 Å². The van der Waals surface area contributed by atoms with Gasteiger partial charge in [0.05, 0.1) is 0 Å². The van der Waals surface area contributed by atoms with Crippen molar-refractivity contribution in [2.45, 2.75) is 13.8 Å². The van der Waals surface area contributed by atoms with Crippen molar-refractivity contribution in [3.05, 3.63) is 90.5 Å². The molecule has 0 fully saturated rings.